The van der Waals surface area contributed by atoms with Crippen molar-refractivity contribution in [3.05, 3.63) is 58.3 Å². The Morgan fingerprint density at radius 1 is 1.22 bits per heavy atom. The van der Waals surface area contributed by atoms with E-state index >= 15 is 0 Å². The average molecular weight is 439 g/mol. The molecule has 0 aromatic heterocycles. The lowest BCUT2D eigenvalue weighted by Gasteiger charge is -2.19. The maximum atomic E-state index is 13.6. The summed E-state index contributed by atoms with van der Waals surface area (Å²) in [5.41, 5.74) is 0.856. The lowest BCUT2D eigenvalue weighted by atomic mass is 10.0. The molecule has 8 heteroatoms. The highest BCUT2D eigenvalue weighted by atomic mass is 79.9. The van der Waals surface area contributed by atoms with Gasteiger partial charge in [0.25, 0.3) is 0 Å². The van der Waals surface area contributed by atoms with Crippen molar-refractivity contribution in [3.63, 3.8) is 0 Å². The molecule has 27 heavy (non-hydrogen) atoms. The third kappa shape index (κ3) is 5.77. The fraction of sp³-hybridized carbons (Fsp3) is 0.263. The van der Waals surface area contributed by atoms with Crippen LogP contribution in [0.15, 0.2) is 46.9 Å². The number of carbonyl (C=O) groups excluding carboxylic acids is 2. The summed E-state index contributed by atoms with van der Waals surface area (Å²) >= 11 is 3.14. The van der Waals surface area contributed by atoms with E-state index in [1.54, 1.807) is 0 Å². The standard InChI is InChI=1S/C19H20BrFN2O4/c1-27-17-14(20)10-13(21)11-16(17)23-19(26)18(25)22-15(8-5-9-24)12-6-3-2-4-7-12/h2-4,6-7,10-11,15,24H,5,8-9H2,1H3,(H,22,25)(H,23,26)/t15-/m1/s1. The molecule has 2 aromatic carbocycles. The second-order valence-electron chi connectivity index (χ2n) is 5.73. The number of anilines is 1. The van der Waals surface area contributed by atoms with E-state index in [2.05, 4.69) is 26.6 Å². The van der Waals surface area contributed by atoms with Crippen molar-refractivity contribution < 1.29 is 23.8 Å². The quantitative estimate of drug-likeness (QED) is 0.579. The van der Waals surface area contributed by atoms with Crippen molar-refractivity contribution in [2.45, 2.75) is 18.9 Å². The maximum Gasteiger partial charge on any atom is 0.313 e. The summed E-state index contributed by atoms with van der Waals surface area (Å²) in [6, 6.07) is 11.0. The molecular formula is C19H20BrFN2O4. The first kappa shape index (κ1) is 20.9. The van der Waals surface area contributed by atoms with E-state index in [9.17, 15) is 14.0 Å². The van der Waals surface area contributed by atoms with Crippen molar-refractivity contribution in [2.75, 3.05) is 19.0 Å². The van der Waals surface area contributed by atoms with Crippen LogP contribution in [0, 0.1) is 5.82 Å². The minimum atomic E-state index is -0.948. The number of rotatable bonds is 7. The van der Waals surface area contributed by atoms with Crippen molar-refractivity contribution in [3.8, 4) is 5.75 Å². The van der Waals surface area contributed by atoms with Crippen LogP contribution in [0.2, 0.25) is 0 Å². The number of hydrogen-bond acceptors (Lipinski definition) is 4. The number of halogens is 2. The molecule has 1 atom stereocenters. The molecule has 0 heterocycles. The summed E-state index contributed by atoms with van der Waals surface area (Å²) in [6.45, 7) is -0.0279. The van der Waals surface area contributed by atoms with Crippen molar-refractivity contribution in [1.29, 1.82) is 0 Å². The Kier molecular flexibility index (Phi) is 7.75. The van der Waals surface area contributed by atoms with Gasteiger partial charge in [0.2, 0.25) is 0 Å². The van der Waals surface area contributed by atoms with Gasteiger partial charge in [-0.15, -0.1) is 0 Å². The van der Waals surface area contributed by atoms with Gasteiger partial charge in [0.15, 0.2) is 5.75 Å². The number of carbonyl (C=O) groups is 2. The lowest BCUT2D eigenvalue weighted by molar-refractivity contribution is -0.136. The van der Waals surface area contributed by atoms with Crippen LogP contribution >= 0.6 is 15.9 Å². The van der Waals surface area contributed by atoms with E-state index in [1.165, 1.54) is 13.2 Å². The predicted octanol–water partition coefficient (Wildman–Crippen LogP) is 3.17. The number of nitrogens with one attached hydrogen (secondary N) is 2. The molecule has 2 aromatic rings. The minimum Gasteiger partial charge on any atom is -0.493 e. The van der Waals surface area contributed by atoms with Crippen LogP contribution in [0.5, 0.6) is 5.75 Å². The van der Waals surface area contributed by atoms with Crippen molar-refractivity contribution in [2.24, 2.45) is 0 Å². The molecule has 3 N–H and O–H groups in total. The summed E-state index contributed by atoms with van der Waals surface area (Å²) < 4.78 is 19.0. The van der Waals surface area contributed by atoms with Crippen LogP contribution in [-0.2, 0) is 9.59 Å². The van der Waals surface area contributed by atoms with Crippen LogP contribution in [0.3, 0.4) is 0 Å². The van der Waals surface area contributed by atoms with E-state index in [1.807, 2.05) is 30.3 Å². The Morgan fingerprint density at radius 3 is 2.56 bits per heavy atom. The highest BCUT2D eigenvalue weighted by Crippen LogP contribution is 2.34. The summed E-state index contributed by atoms with van der Waals surface area (Å²) in [7, 11) is 1.37. The van der Waals surface area contributed by atoms with E-state index in [0.717, 1.165) is 11.6 Å². The first-order chi connectivity index (χ1) is 13.0. The number of hydrogen-bond donors (Lipinski definition) is 3. The van der Waals surface area contributed by atoms with Gasteiger partial charge in [-0.1, -0.05) is 30.3 Å². The number of aliphatic hydroxyl groups is 1. The van der Waals surface area contributed by atoms with E-state index in [4.69, 9.17) is 9.84 Å². The fourth-order valence-electron chi connectivity index (χ4n) is 2.57. The van der Waals surface area contributed by atoms with Crippen LogP contribution in [0.25, 0.3) is 0 Å². The largest absolute Gasteiger partial charge is 0.493 e. The number of amides is 2. The van der Waals surface area contributed by atoms with Gasteiger partial charge >= 0.3 is 11.8 Å². The molecule has 0 radical (unpaired) electrons. The molecular weight excluding hydrogens is 419 g/mol. The first-order valence-electron chi connectivity index (χ1n) is 8.27. The van der Waals surface area contributed by atoms with E-state index < -0.39 is 23.7 Å². The van der Waals surface area contributed by atoms with Crippen LogP contribution in [-0.4, -0.2) is 30.6 Å². The fourth-order valence-corrected chi connectivity index (χ4v) is 3.16. The van der Waals surface area contributed by atoms with Crippen LogP contribution < -0.4 is 15.4 Å². The normalized spacial score (nSPS) is 11.6. The van der Waals surface area contributed by atoms with Gasteiger partial charge in [0.05, 0.1) is 23.3 Å². The van der Waals surface area contributed by atoms with Gasteiger partial charge in [-0.05, 0) is 40.4 Å². The zero-order valence-electron chi connectivity index (χ0n) is 14.7. The van der Waals surface area contributed by atoms with Crippen LogP contribution in [0.1, 0.15) is 24.4 Å². The second kappa shape index (κ2) is 10.0. The van der Waals surface area contributed by atoms with Crippen molar-refractivity contribution >= 4 is 33.4 Å². The number of benzene rings is 2. The summed E-state index contributed by atoms with van der Waals surface area (Å²) in [6.07, 6.45) is 0.931. The van der Waals surface area contributed by atoms with Gasteiger partial charge < -0.3 is 20.5 Å². The molecule has 0 fully saturated rings. The maximum absolute atomic E-state index is 13.6. The summed E-state index contributed by atoms with van der Waals surface area (Å²) in [5.74, 6) is -2.21. The molecule has 0 aliphatic carbocycles. The van der Waals surface area contributed by atoms with Gasteiger partial charge in [0, 0.05) is 12.7 Å². The molecule has 0 saturated heterocycles. The monoisotopic (exact) mass is 438 g/mol. The number of aliphatic hydroxyl groups excluding tert-OH is 1. The molecule has 0 aliphatic rings. The molecule has 0 saturated carbocycles. The Morgan fingerprint density at radius 2 is 1.93 bits per heavy atom. The zero-order chi connectivity index (χ0) is 19.8. The Hall–Kier alpha value is -2.45. The molecule has 0 bridgehead atoms. The van der Waals surface area contributed by atoms with Crippen molar-refractivity contribution in [1.82, 2.24) is 5.32 Å². The number of ether oxygens (including phenoxy) is 1. The highest BCUT2D eigenvalue weighted by Gasteiger charge is 2.22. The Labute approximate surface area is 164 Å². The predicted molar refractivity (Wildman–Crippen MR) is 103 cm³/mol. The topological polar surface area (TPSA) is 87.7 Å². The SMILES string of the molecule is COc1c(Br)cc(F)cc1NC(=O)C(=O)N[C@H](CCCO)c1ccccc1. The lowest BCUT2D eigenvalue weighted by Crippen LogP contribution is -2.38. The minimum absolute atomic E-state index is 0.0279. The smallest absolute Gasteiger partial charge is 0.313 e. The van der Waals surface area contributed by atoms with E-state index in [0.29, 0.717) is 17.3 Å². The summed E-state index contributed by atoms with van der Waals surface area (Å²) in [5, 5.41) is 14.1. The molecule has 0 aliphatic heterocycles. The van der Waals surface area contributed by atoms with Gasteiger partial charge in [0.1, 0.15) is 5.82 Å². The molecule has 6 nitrogen and oxygen atoms in total. The third-order valence-corrected chi connectivity index (χ3v) is 4.41. The third-order valence-electron chi connectivity index (χ3n) is 3.83. The second-order valence-corrected chi connectivity index (χ2v) is 6.58. The number of methoxy groups -OCH3 is 1. The first-order valence-corrected chi connectivity index (χ1v) is 9.06. The zero-order valence-corrected chi connectivity index (χ0v) is 16.3. The molecule has 2 rings (SSSR count). The average Bonchev–Trinajstić information content (AvgIpc) is 2.65. The summed E-state index contributed by atoms with van der Waals surface area (Å²) in [4.78, 5) is 24.6. The van der Waals surface area contributed by atoms with Gasteiger partial charge in [-0.2, -0.15) is 0 Å². The Bertz CT molecular complexity index is 802. The molecule has 2 amide bonds. The van der Waals surface area contributed by atoms with E-state index in [-0.39, 0.29) is 18.0 Å². The molecule has 0 unspecified atom stereocenters. The highest BCUT2D eigenvalue weighted by molar-refractivity contribution is 9.10. The molecule has 0 spiro atoms. The van der Waals surface area contributed by atoms with Gasteiger partial charge in [-0.25, -0.2) is 4.39 Å². The Balaban J connectivity index is 2.13. The van der Waals surface area contributed by atoms with Gasteiger partial charge in [-0.3, -0.25) is 9.59 Å². The van der Waals surface area contributed by atoms with Crippen LogP contribution in [0.4, 0.5) is 10.1 Å². The molecule has 144 valence electrons.